The van der Waals surface area contributed by atoms with Crippen molar-refractivity contribution in [2.45, 2.75) is 19.6 Å². The number of ether oxygens (including phenoxy) is 1. The summed E-state index contributed by atoms with van der Waals surface area (Å²) in [7, 11) is 0. The first-order valence-electron chi connectivity index (χ1n) is 11.3. The van der Waals surface area contributed by atoms with Crippen molar-refractivity contribution >= 4 is 46.0 Å². The van der Waals surface area contributed by atoms with Gasteiger partial charge in [-0.2, -0.15) is 0 Å². The molecule has 4 N–H and O–H groups in total. The fourth-order valence-electron chi connectivity index (χ4n) is 3.51. The lowest BCUT2D eigenvalue weighted by Crippen LogP contribution is -2.29. The molecule has 0 aliphatic carbocycles. The smallest absolute Gasteiger partial charge is 0.404 e. The molecule has 37 heavy (non-hydrogen) atoms. The minimum atomic E-state index is -1.17. The number of rotatable bonds is 10. The Morgan fingerprint density at radius 3 is 2.65 bits per heavy atom. The molecule has 2 amide bonds. The molecule has 0 saturated heterocycles. The van der Waals surface area contributed by atoms with Crippen LogP contribution in [-0.4, -0.2) is 33.6 Å². The molecule has 0 unspecified atom stereocenters. The van der Waals surface area contributed by atoms with Gasteiger partial charge in [0.15, 0.2) is 0 Å². The lowest BCUT2D eigenvalue weighted by molar-refractivity contribution is -0.121. The molecule has 0 radical (unpaired) electrons. The maximum absolute atomic E-state index is 13.4. The van der Waals surface area contributed by atoms with Crippen LogP contribution in [0.25, 0.3) is 10.9 Å². The van der Waals surface area contributed by atoms with Gasteiger partial charge in [0.2, 0.25) is 5.91 Å². The van der Waals surface area contributed by atoms with Gasteiger partial charge in [0.25, 0.3) is 0 Å². The number of hydrogen-bond acceptors (Lipinski definition) is 6. The molecule has 1 heterocycles. The monoisotopic (exact) mass is 523 g/mol. The predicted octanol–water partition coefficient (Wildman–Crippen LogP) is 5.02. The van der Waals surface area contributed by atoms with Crippen LogP contribution < -0.4 is 20.7 Å². The number of benzene rings is 3. The van der Waals surface area contributed by atoms with Gasteiger partial charge in [-0.1, -0.05) is 29.8 Å². The highest BCUT2D eigenvalue weighted by molar-refractivity contribution is 6.32. The molecule has 0 atom stereocenters. The second-order valence-electron chi connectivity index (χ2n) is 8.02. The van der Waals surface area contributed by atoms with Crippen molar-refractivity contribution in [3.05, 3.63) is 89.0 Å². The van der Waals surface area contributed by atoms with Crippen molar-refractivity contribution in [2.24, 2.45) is 0 Å². The topological polar surface area (TPSA) is 125 Å². The summed E-state index contributed by atoms with van der Waals surface area (Å²) in [6.45, 7) is 0.480. The van der Waals surface area contributed by atoms with Crippen LogP contribution in [0, 0.1) is 5.82 Å². The Kier molecular flexibility index (Phi) is 8.32. The summed E-state index contributed by atoms with van der Waals surface area (Å²) < 4.78 is 19.1. The van der Waals surface area contributed by atoms with Gasteiger partial charge < -0.3 is 25.8 Å². The number of carboxylic acid groups (broad SMARTS) is 1. The van der Waals surface area contributed by atoms with E-state index in [4.69, 9.17) is 21.4 Å². The van der Waals surface area contributed by atoms with E-state index in [1.54, 1.807) is 30.3 Å². The van der Waals surface area contributed by atoms with Crippen molar-refractivity contribution in [1.82, 2.24) is 20.6 Å². The third kappa shape index (κ3) is 7.28. The standard InChI is InChI=1S/C26H23ClFN5O4/c27-21-12-19(5-7-23(21)37-14-17-2-1-3-18(28)10-17)33-25-20-11-16(4-6-22(20)31-15-32-25)13-30-24(34)8-9-29-26(35)36/h1-7,10-12,15,29H,8-9,13-14H2,(H,30,34)(H,35,36)(H,31,32,33). The van der Waals surface area contributed by atoms with Crippen molar-refractivity contribution in [3.8, 4) is 5.75 Å². The molecule has 0 saturated carbocycles. The lowest BCUT2D eigenvalue weighted by atomic mass is 10.1. The molecule has 1 aromatic heterocycles. The fourth-order valence-corrected chi connectivity index (χ4v) is 3.74. The average Bonchev–Trinajstić information content (AvgIpc) is 2.87. The van der Waals surface area contributed by atoms with Crippen LogP contribution >= 0.6 is 11.6 Å². The molecule has 3 aromatic carbocycles. The Hall–Kier alpha value is -4.44. The van der Waals surface area contributed by atoms with Crippen LogP contribution in [0.5, 0.6) is 5.75 Å². The summed E-state index contributed by atoms with van der Waals surface area (Å²) in [5.41, 5.74) is 2.89. The van der Waals surface area contributed by atoms with Gasteiger partial charge in [0.05, 0.1) is 10.5 Å². The number of halogens is 2. The van der Waals surface area contributed by atoms with Gasteiger partial charge in [0, 0.05) is 30.6 Å². The first-order chi connectivity index (χ1) is 17.9. The molecule has 190 valence electrons. The summed E-state index contributed by atoms with van der Waals surface area (Å²) in [5, 5.41) is 17.9. The van der Waals surface area contributed by atoms with Crippen molar-refractivity contribution < 1.29 is 23.8 Å². The largest absolute Gasteiger partial charge is 0.487 e. The second kappa shape index (κ2) is 12.0. The van der Waals surface area contributed by atoms with E-state index in [2.05, 4.69) is 25.9 Å². The number of anilines is 2. The third-order valence-corrected chi connectivity index (χ3v) is 5.59. The van der Waals surface area contributed by atoms with E-state index in [-0.39, 0.29) is 37.8 Å². The number of nitrogens with zero attached hydrogens (tertiary/aromatic N) is 2. The van der Waals surface area contributed by atoms with E-state index in [0.717, 1.165) is 10.9 Å². The zero-order valence-electron chi connectivity index (χ0n) is 19.5. The van der Waals surface area contributed by atoms with Gasteiger partial charge in [-0.25, -0.2) is 19.2 Å². The Morgan fingerprint density at radius 2 is 1.86 bits per heavy atom. The second-order valence-corrected chi connectivity index (χ2v) is 8.43. The molecule has 4 rings (SSSR count). The normalized spacial score (nSPS) is 10.6. The van der Waals surface area contributed by atoms with E-state index in [9.17, 15) is 14.0 Å². The van der Waals surface area contributed by atoms with E-state index in [1.165, 1.54) is 18.5 Å². The molecule has 11 heteroatoms. The molecular formula is C26H23ClFN5O4. The molecule has 0 spiro atoms. The highest BCUT2D eigenvalue weighted by Gasteiger charge is 2.10. The average molecular weight is 524 g/mol. The number of hydrogen-bond donors (Lipinski definition) is 4. The molecule has 0 aliphatic rings. The number of aromatic nitrogens is 2. The van der Waals surface area contributed by atoms with Gasteiger partial charge in [-0.05, 0) is 53.6 Å². The third-order valence-electron chi connectivity index (χ3n) is 5.30. The number of amides is 2. The molecule has 9 nitrogen and oxygen atoms in total. The van der Waals surface area contributed by atoms with Gasteiger partial charge in [-0.15, -0.1) is 0 Å². The minimum Gasteiger partial charge on any atom is -0.487 e. The highest BCUT2D eigenvalue weighted by atomic mass is 35.5. The fraction of sp³-hybridized carbons (Fsp3) is 0.154. The quantitative estimate of drug-likeness (QED) is 0.230. The van der Waals surface area contributed by atoms with Crippen molar-refractivity contribution in [3.63, 3.8) is 0 Å². The summed E-state index contributed by atoms with van der Waals surface area (Å²) in [5.74, 6) is 0.405. The Bertz CT molecular complexity index is 1440. The maximum Gasteiger partial charge on any atom is 0.404 e. The van der Waals surface area contributed by atoms with E-state index in [0.29, 0.717) is 33.4 Å². The molecule has 0 bridgehead atoms. The lowest BCUT2D eigenvalue weighted by Gasteiger charge is -2.13. The zero-order valence-corrected chi connectivity index (χ0v) is 20.3. The van der Waals surface area contributed by atoms with Crippen LogP contribution in [0.1, 0.15) is 17.5 Å². The maximum atomic E-state index is 13.4. The number of carbonyl (C=O) groups is 2. The van der Waals surface area contributed by atoms with Crippen molar-refractivity contribution in [1.29, 1.82) is 0 Å². The van der Waals surface area contributed by atoms with Crippen molar-refractivity contribution in [2.75, 3.05) is 11.9 Å². The van der Waals surface area contributed by atoms with E-state index in [1.807, 2.05) is 18.2 Å². The first-order valence-corrected chi connectivity index (χ1v) is 11.7. The summed E-state index contributed by atoms with van der Waals surface area (Å²) in [6.07, 6.45) is 0.313. The Labute approximate surface area is 216 Å². The van der Waals surface area contributed by atoms with Crippen LogP contribution in [0.4, 0.5) is 20.7 Å². The molecule has 4 aromatic rings. The summed E-state index contributed by atoms with van der Waals surface area (Å²) >= 11 is 6.41. The summed E-state index contributed by atoms with van der Waals surface area (Å²) in [4.78, 5) is 31.1. The first kappa shape index (κ1) is 25.6. The van der Waals surface area contributed by atoms with Gasteiger partial charge in [0.1, 0.15) is 30.3 Å². The van der Waals surface area contributed by atoms with Gasteiger partial charge in [-0.3, -0.25) is 4.79 Å². The Balaban J connectivity index is 1.42. The van der Waals surface area contributed by atoms with Crippen LogP contribution in [0.3, 0.4) is 0 Å². The van der Waals surface area contributed by atoms with E-state index < -0.39 is 6.09 Å². The van der Waals surface area contributed by atoms with Crippen LogP contribution in [0.2, 0.25) is 5.02 Å². The summed E-state index contributed by atoms with van der Waals surface area (Å²) in [6, 6.07) is 16.9. The zero-order chi connectivity index (χ0) is 26.2. The molecule has 0 fully saturated rings. The molecule has 0 aliphatic heterocycles. The predicted molar refractivity (Wildman–Crippen MR) is 137 cm³/mol. The van der Waals surface area contributed by atoms with Gasteiger partial charge >= 0.3 is 6.09 Å². The SMILES string of the molecule is O=C(O)NCCC(=O)NCc1ccc2ncnc(Nc3ccc(OCc4cccc(F)c4)c(Cl)c3)c2c1. The molecular weight excluding hydrogens is 501 g/mol. The Morgan fingerprint density at radius 1 is 1.00 bits per heavy atom. The minimum absolute atomic E-state index is 0.0397. The van der Waals surface area contributed by atoms with Crippen LogP contribution in [-0.2, 0) is 17.9 Å². The number of carbonyl (C=O) groups excluding carboxylic acids is 1. The van der Waals surface area contributed by atoms with Crippen LogP contribution in [0.15, 0.2) is 67.0 Å². The van der Waals surface area contributed by atoms with E-state index >= 15 is 0 Å². The number of fused-ring (bicyclic) bond motifs is 1. The highest BCUT2D eigenvalue weighted by Crippen LogP contribution is 2.31. The number of nitrogens with one attached hydrogen (secondary N) is 3.